The van der Waals surface area contributed by atoms with E-state index in [-0.39, 0.29) is 24.5 Å². The summed E-state index contributed by atoms with van der Waals surface area (Å²) in [6, 6.07) is 18.3. The number of anilines is 1. The topological polar surface area (TPSA) is 43.8 Å². The number of hydrogen-bond acceptors (Lipinski definition) is 3. The van der Waals surface area contributed by atoms with Crippen LogP contribution in [-0.4, -0.2) is 41.7 Å². The van der Waals surface area contributed by atoms with E-state index in [1.54, 1.807) is 0 Å². The lowest BCUT2D eigenvalue weighted by Crippen LogP contribution is -2.48. The lowest BCUT2D eigenvalue weighted by atomic mass is 10.0. The fourth-order valence-corrected chi connectivity index (χ4v) is 3.91. The Balaban J connectivity index is 1.80. The van der Waals surface area contributed by atoms with Gasteiger partial charge in [-0.3, -0.25) is 9.69 Å². The molecule has 0 aliphatic carbocycles. The van der Waals surface area contributed by atoms with E-state index in [1.165, 1.54) is 5.56 Å². The van der Waals surface area contributed by atoms with Crippen molar-refractivity contribution in [1.29, 1.82) is 0 Å². The maximum absolute atomic E-state index is 13.2. The number of aryl methyl sites for hydroxylation is 1. The SMILES string of the molecule is CC(C)C(CO)N(CC(=O)N1CCCc2ccccc21)Cc1ccccc1. The number of aliphatic hydroxyl groups excluding tert-OH is 1. The fraction of sp³-hybridized carbons (Fsp3) is 0.435. The lowest BCUT2D eigenvalue weighted by Gasteiger charge is -2.36. The van der Waals surface area contributed by atoms with E-state index in [1.807, 2.05) is 41.3 Å². The van der Waals surface area contributed by atoms with Gasteiger partial charge in [0, 0.05) is 24.8 Å². The van der Waals surface area contributed by atoms with Gasteiger partial charge in [0.05, 0.1) is 13.2 Å². The number of hydrogen-bond donors (Lipinski definition) is 1. The molecule has 4 nitrogen and oxygen atoms in total. The fourth-order valence-electron chi connectivity index (χ4n) is 3.91. The molecule has 4 heteroatoms. The summed E-state index contributed by atoms with van der Waals surface area (Å²) < 4.78 is 0. The Morgan fingerprint density at radius 2 is 1.81 bits per heavy atom. The molecular formula is C23H30N2O2. The monoisotopic (exact) mass is 366 g/mol. The van der Waals surface area contributed by atoms with E-state index in [9.17, 15) is 9.90 Å². The third-order valence-corrected chi connectivity index (χ3v) is 5.40. The van der Waals surface area contributed by atoms with Gasteiger partial charge in [0.25, 0.3) is 0 Å². The van der Waals surface area contributed by atoms with Crippen molar-refractivity contribution < 1.29 is 9.90 Å². The molecule has 0 bridgehead atoms. The summed E-state index contributed by atoms with van der Waals surface area (Å²) in [6.07, 6.45) is 2.02. The quantitative estimate of drug-likeness (QED) is 0.816. The molecule has 0 aromatic heterocycles. The maximum Gasteiger partial charge on any atom is 0.241 e. The molecule has 0 spiro atoms. The minimum absolute atomic E-state index is 0.0470. The van der Waals surface area contributed by atoms with Gasteiger partial charge in [-0.15, -0.1) is 0 Å². The van der Waals surface area contributed by atoms with Crippen molar-refractivity contribution in [1.82, 2.24) is 4.90 Å². The molecular weight excluding hydrogens is 336 g/mol. The van der Waals surface area contributed by atoms with Gasteiger partial charge in [0.1, 0.15) is 0 Å². The highest BCUT2D eigenvalue weighted by atomic mass is 16.3. The van der Waals surface area contributed by atoms with Crippen LogP contribution < -0.4 is 4.90 Å². The van der Waals surface area contributed by atoms with Crippen molar-refractivity contribution in [3.63, 3.8) is 0 Å². The number of nitrogens with zero attached hydrogens (tertiary/aromatic N) is 2. The number of aliphatic hydroxyl groups is 1. The predicted octanol–water partition coefficient (Wildman–Crippen LogP) is 3.48. The number of para-hydroxylation sites is 1. The van der Waals surface area contributed by atoms with E-state index < -0.39 is 0 Å². The summed E-state index contributed by atoms with van der Waals surface area (Å²) in [5, 5.41) is 9.96. The van der Waals surface area contributed by atoms with Crippen molar-refractivity contribution in [2.24, 2.45) is 5.92 Å². The van der Waals surface area contributed by atoms with Crippen molar-refractivity contribution in [3.8, 4) is 0 Å². The zero-order valence-corrected chi connectivity index (χ0v) is 16.3. The largest absolute Gasteiger partial charge is 0.395 e. The Kier molecular flexibility index (Phi) is 6.64. The van der Waals surface area contributed by atoms with E-state index >= 15 is 0 Å². The van der Waals surface area contributed by atoms with Crippen molar-refractivity contribution in [3.05, 3.63) is 65.7 Å². The molecule has 1 aliphatic heterocycles. The molecule has 2 aromatic carbocycles. The molecule has 0 saturated carbocycles. The maximum atomic E-state index is 13.2. The summed E-state index contributed by atoms with van der Waals surface area (Å²) in [5.41, 5.74) is 3.44. The average molecular weight is 367 g/mol. The van der Waals surface area contributed by atoms with Crippen LogP contribution in [0.25, 0.3) is 0 Å². The van der Waals surface area contributed by atoms with Crippen LogP contribution in [0.3, 0.4) is 0 Å². The predicted molar refractivity (Wildman–Crippen MR) is 110 cm³/mol. The number of amides is 1. The number of carbonyl (C=O) groups is 1. The van der Waals surface area contributed by atoms with Crippen LogP contribution in [0.15, 0.2) is 54.6 Å². The first-order chi connectivity index (χ1) is 13.1. The zero-order valence-electron chi connectivity index (χ0n) is 16.3. The highest BCUT2D eigenvalue weighted by molar-refractivity contribution is 5.96. The summed E-state index contributed by atoms with van der Waals surface area (Å²) in [4.78, 5) is 17.3. The highest BCUT2D eigenvalue weighted by Gasteiger charge is 2.28. The Hall–Kier alpha value is -2.17. The summed E-state index contributed by atoms with van der Waals surface area (Å²) in [6.45, 7) is 5.98. The number of benzene rings is 2. The van der Waals surface area contributed by atoms with Gasteiger partial charge >= 0.3 is 0 Å². The molecule has 1 heterocycles. The summed E-state index contributed by atoms with van der Waals surface area (Å²) in [7, 11) is 0. The average Bonchev–Trinajstić information content (AvgIpc) is 2.68. The molecule has 3 rings (SSSR count). The summed E-state index contributed by atoms with van der Waals surface area (Å²) >= 11 is 0. The van der Waals surface area contributed by atoms with Crippen LogP contribution in [0.1, 0.15) is 31.4 Å². The third kappa shape index (κ3) is 4.76. The van der Waals surface area contributed by atoms with E-state index in [4.69, 9.17) is 0 Å². The van der Waals surface area contributed by atoms with Crippen molar-refractivity contribution >= 4 is 11.6 Å². The molecule has 0 radical (unpaired) electrons. The van der Waals surface area contributed by atoms with Gasteiger partial charge in [-0.05, 0) is 36.0 Å². The van der Waals surface area contributed by atoms with Crippen LogP contribution in [0, 0.1) is 5.92 Å². The number of fused-ring (bicyclic) bond motifs is 1. The Bertz CT molecular complexity index is 745. The Morgan fingerprint density at radius 1 is 1.11 bits per heavy atom. The van der Waals surface area contributed by atoms with E-state index in [0.29, 0.717) is 13.1 Å². The van der Waals surface area contributed by atoms with Crippen molar-refractivity contribution in [2.75, 3.05) is 24.6 Å². The van der Waals surface area contributed by atoms with Gasteiger partial charge in [-0.25, -0.2) is 0 Å². The van der Waals surface area contributed by atoms with Crippen molar-refractivity contribution in [2.45, 2.75) is 39.3 Å². The Morgan fingerprint density at radius 3 is 2.52 bits per heavy atom. The third-order valence-electron chi connectivity index (χ3n) is 5.40. The first kappa shape index (κ1) is 19.6. The summed E-state index contributed by atoms with van der Waals surface area (Å²) in [5.74, 6) is 0.373. The standard InChI is InChI=1S/C23H30N2O2/c1-18(2)22(17-26)24(15-19-9-4-3-5-10-19)16-23(27)25-14-8-12-20-11-6-7-13-21(20)25/h3-7,9-11,13,18,22,26H,8,12,14-17H2,1-2H3. The molecule has 27 heavy (non-hydrogen) atoms. The molecule has 1 N–H and O–H groups in total. The minimum atomic E-state index is -0.0470. The molecule has 1 aliphatic rings. The number of carbonyl (C=O) groups excluding carboxylic acids is 1. The second-order valence-electron chi connectivity index (χ2n) is 7.66. The molecule has 0 fully saturated rings. The second-order valence-corrected chi connectivity index (χ2v) is 7.66. The van der Waals surface area contributed by atoms with Gasteiger partial charge < -0.3 is 10.0 Å². The van der Waals surface area contributed by atoms with E-state index in [2.05, 4.69) is 36.9 Å². The molecule has 1 atom stereocenters. The zero-order chi connectivity index (χ0) is 19.2. The first-order valence-electron chi connectivity index (χ1n) is 9.87. The highest BCUT2D eigenvalue weighted by Crippen LogP contribution is 2.27. The second kappa shape index (κ2) is 9.16. The number of rotatable bonds is 7. The van der Waals surface area contributed by atoms with Crippen LogP contribution in [0.4, 0.5) is 5.69 Å². The van der Waals surface area contributed by atoms with Crippen LogP contribution in [-0.2, 0) is 17.8 Å². The van der Waals surface area contributed by atoms with Gasteiger partial charge in [-0.1, -0.05) is 62.4 Å². The van der Waals surface area contributed by atoms with Gasteiger partial charge in [0.2, 0.25) is 5.91 Å². The Labute approximate surface area is 162 Å². The molecule has 1 amide bonds. The van der Waals surface area contributed by atoms with Gasteiger partial charge in [-0.2, -0.15) is 0 Å². The molecule has 2 aromatic rings. The van der Waals surface area contributed by atoms with Crippen LogP contribution in [0.5, 0.6) is 0 Å². The van der Waals surface area contributed by atoms with Crippen LogP contribution in [0.2, 0.25) is 0 Å². The molecule has 1 unspecified atom stereocenters. The minimum Gasteiger partial charge on any atom is -0.395 e. The van der Waals surface area contributed by atoms with Crippen LogP contribution >= 0.6 is 0 Å². The smallest absolute Gasteiger partial charge is 0.241 e. The lowest BCUT2D eigenvalue weighted by molar-refractivity contribution is -0.121. The molecule has 0 saturated heterocycles. The first-order valence-corrected chi connectivity index (χ1v) is 9.87. The van der Waals surface area contributed by atoms with Gasteiger partial charge in [0.15, 0.2) is 0 Å². The van der Waals surface area contributed by atoms with E-state index in [0.717, 1.165) is 30.6 Å². The normalized spacial score (nSPS) is 15.1. The molecule has 144 valence electrons.